The van der Waals surface area contributed by atoms with Crippen LogP contribution in [0.15, 0.2) is 41.4 Å². The molecule has 0 aliphatic carbocycles. The van der Waals surface area contributed by atoms with Gasteiger partial charge in [0.2, 0.25) is 0 Å². The lowest BCUT2D eigenvalue weighted by molar-refractivity contribution is 0.196. The molecule has 0 aromatic heterocycles. The van der Waals surface area contributed by atoms with Gasteiger partial charge in [-0.1, -0.05) is 38.1 Å². The fraction of sp³-hybridized carbons (Fsp3) is 0.381. The number of para-hydroxylation sites is 1. The Bertz CT molecular complexity index is 759. The largest absolute Gasteiger partial charge is 0.493 e. The van der Waals surface area contributed by atoms with E-state index in [0.717, 1.165) is 24.1 Å². The molecule has 0 bridgehead atoms. The SMILES string of the molecule is CCc1cccc(CC)c1NC(N)=NCc1ccc(OCCO)c(OC)c1.I. The molecule has 0 unspecified atom stereocenters. The van der Waals surface area contributed by atoms with E-state index in [1.165, 1.54) is 11.1 Å². The van der Waals surface area contributed by atoms with Gasteiger partial charge in [0.05, 0.1) is 20.3 Å². The minimum absolute atomic E-state index is 0. The number of halogens is 1. The fourth-order valence-electron chi connectivity index (χ4n) is 2.83. The number of methoxy groups -OCH3 is 1. The van der Waals surface area contributed by atoms with Gasteiger partial charge in [-0.2, -0.15) is 0 Å². The number of nitrogens with zero attached hydrogens (tertiary/aromatic N) is 1. The molecule has 6 nitrogen and oxygen atoms in total. The Kier molecular flexibility index (Phi) is 10.7. The zero-order valence-electron chi connectivity index (χ0n) is 16.7. The predicted octanol–water partition coefficient (Wildman–Crippen LogP) is 3.74. The number of benzene rings is 2. The first-order chi connectivity index (χ1) is 13.1. The summed E-state index contributed by atoms with van der Waals surface area (Å²) in [6.07, 6.45) is 1.85. The molecular weight excluding hydrogens is 469 g/mol. The van der Waals surface area contributed by atoms with Crippen LogP contribution in [0.2, 0.25) is 0 Å². The second kappa shape index (κ2) is 12.5. The first-order valence-electron chi connectivity index (χ1n) is 9.21. The molecule has 2 rings (SSSR count). The predicted molar refractivity (Wildman–Crippen MR) is 125 cm³/mol. The molecule has 0 radical (unpaired) electrons. The van der Waals surface area contributed by atoms with Gasteiger partial charge in [0, 0.05) is 5.69 Å². The first kappa shape index (κ1) is 24.0. The maximum atomic E-state index is 8.88. The molecule has 0 atom stereocenters. The molecule has 0 aliphatic heterocycles. The normalized spacial score (nSPS) is 10.9. The monoisotopic (exact) mass is 499 g/mol. The van der Waals surface area contributed by atoms with Gasteiger partial charge in [0.25, 0.3) is 0 Å². The summed E-state index contributed by atoms with van der Waals surface area (Å²) in [5, 5.41) is 12.1. The fourth-order valence-corrected chi connectivity index (χ4v) is 2.83. The topological polar surface area (TPSA) is 89.1 Å². The van der Waals surface area contributed by atoms with Gasteiger partial charge in [-0.25, -0.2) is 4.99 Å². The molecule has 7 heteroatoms. The molecule has 2 aromatic carbocycles. The Hall–Kier alpha value is -2.00. The standard InChI is InChI=1S/C21H29N3O3.HI/c1-4-16-7-6-8-17(5-2)20(16)24-21(22)23-14-15-9-10-18(27-12-11-25)19(13-15)26-3;/h6-10,13,25H,4-5,11-12,14H2,1-3H3,(H3,22,23,24);1H. The van der Waals surface area contributed by atoms with Crippen molar-refractivity contribution < 1.29 is 14.6 Å². The summed E-state index contributed by atoms with van der Waals surface area (Å²) in [6.45, 7) is 4.85. The Labute approximate surface area is 184 Å². The number of rotatable bonds is 9. The number of aliphatic hydroxyl groups is 1. The van der Waals surface area contributed by atoms with Crippen LogP contribution in [0.3, 0.4) is 0 Å². The maximum Gasteiger partial charge on any atom is 0.193 e. The van der Waals surface area contributed by atoms with Gasteiger partial charge >= 0.3 is 0 Å². The van der Waals surface area contributed by atoms with Crippen LogP contribution < -0.4 is 20.5 Å². The number of aryl methyl sites for hydroxylation is 2. The average molecular weight is 499 g/mol. The van der Waals surface area contributed by atoms with Gasteiger partial charge < -0.3 is 25.6 Å². The molecule has 154 valence electrons. The third kappa shape index (κ3) is 6.56. The van der Waals surface area contributed by atoms with Crippen molar-refractivity contribution in [2.45, 2.75) is 33.2 Å². The van der Waals surface area contributed by atoms with Crippen molar-refractivity contribution in [2.75, 3.05) is 25.6 Å². The summed E-state index contributed by atoms with van der Waals surface area (Å²) in [5.41, 5.74) is 10.6. The van der Waals surface area contributed by atoms with E-state index in [1.807, 2.05) is 18.2 Å². The molecule has 0 spiro atoms. The van der Waals surface area contributed by atoms with Crippen molar-refractivity contribution in [2.24, 2.45) is 10.7 Å². The number of ether oxygens (including phenoxy) is 2. The van der Waals surface area contributed by atoms with E-state index in [-0.39, 0.29) is 37.2 Å². The van der Waals surface area contributed by atoms with Crippen LogP contribution in [0.25, 0.3) is 0 Å². The second-order valence-corrected chi connectivity index (χ2v) is 6.04. The van der Waals surface area contributed by atoms with Crippen LogP contribution >= 0.6 is 24.0 Å². The summed E-state index contributed by atoms with van der Waals surface area (Å²) < 4.78 is 10.8. The maximum absolute atomic E-state index is 8.88. The molecular formula is C21H30IN3O3. The zero-order valence-corrected chi connectivity index (χ0v) is 19.0. The van der Waals surface area contributed by atoms with Crippen LogP contribution in [0.5, 0.6) is 11.5 Å². The number of hydrogen-bond acceptors (Lipinski definition) is 4. The lowest BCUT2D eigenvalue weighted by Crippen LogP contribution is -2.24. The van der Waals surface area contributed by atoms with E-state index in [2.05, 4.69) is 42.4 Å². The van der Waals surface area contributed by atoms with Crippen molar-refractivity contribution in [3.8, 4) is 11.5 Å². The minimum Gasteiger partial charge on any atom is -0.493 e. The summed E-state index contributed by atoms with van der Waals surface area (Å²) in [5.74, 6) is 1.58. The Morgan fingerprint density at radius 3 is 2.36 bits per heavy atom. The lowest BCUT2D eigenvalue weighted by atomic mass is 10.0. The van der Waals surface area contributed by atoms with E-state index in [4.69, 9.17) is 20.3 Å². The highest BCUT2D eigenvalue weighted by Crippen LogP contribution is 2.28. The van der Waals surface area contributed by atoms with Crippen molar-refractivity contribution in [3.05, 3.63) is 53.1 Å². The molecule has 0 heterocycles. The summed E-state index contributed by atoms with van der Waals surface area (Å²) in [4.78, 5) is 4.45. The third-order valence-electron chi connectivity index (χ3n) is 4.26. The summed E-state index contributed by atoms with van der Waals surface area (Å²) in [7, 11) is 1.58. The minimum atomic E-state index is -0.0453. The quantitative estimate of drug-likeness (QED) is 0.278. The van der Waals surface area contributed by atoms with E-state index in [0.29, 0.717) is 24.0 Å². The van der Waals surface area contributed by atoms with Crippen molar-refractivity contribution in [1.29, 1.82) is 0 Å². The third-order valence-corrected chi connectivity index (χ3v) is 4.26. The van der Waals surface area contributed by atoms with Gasteiger partial charge in [-0.3, -0.25) is 0 Å². The number of aliphatic imine (C=N–C) groups is 1. The van der Waals surface area contributed by atoms with Crippen molar-refractivity contribution in [1.82, 2.24) is 0 Å². The Morgan fingerprint density at radius 1 is 1.11 bits per heavy atom. The van der Waals surface area contributed by atoms with E-state index >= 15 is 0 Å². The molecule has 0 amide bonds. The number of hydrogen-bond donors (Lipinski definition) is 3. The number of aliphatic hydroxyl groups excluding tert-OH is 1. The second-order valence-electron chi connectivity index (χ2n) is 6.04. The van der Waals surface area contributed by atoms with Crippen molar-refractivity contribution >= 4 is 35.6 Å². The highest BCUT2D eigenvalue weighted by molar-refractivity contribution is 14.0. The Morgan fingerprint density at radius 2 is 1.79 bits per heavy atom. The number of guanidine groups is 1. The molecule has 28 heavy (non-hydrogen) atoms. The number of anilines is 1. The van der Waals surface area contributed by atoms with Gasteiger partial charge in [0.15, 0.2) is 17.5 Å². The highest BCUT2D eigenvalue weighted by atomic mass is 127. The molecule has 0 aliphatic rings. The highest BCUT2D eigenvalue weighted by Gasteiger charge is 2.08. The van der Waals surface area contributed by atoms with E-state index in [1.54, 1.807) is 7.11 Å². The van der Waals surface area contributed by atoms with Crippen LogP contribution in [-0.4, -0.2) is 31.4 Å². The number of nitrogens with one attached hydrogen (secondary N) is 1. The zero-order chi connectivity index (χ0) is 19.6. The first-order valence-corrected chi connectivity index (χ1v) is 9.21. The summed E-state index contributed by atoms with van der Waals surface area (Å²) >= 11 is 0. The molecule has 0 saturated heterocycles. The van der Waals surface area contributed by atoms with Gasteiger partial charge in [-0.05, 0) is 41.7 Å². The van der Waals surface area contributed by atoms with Crippen molar-refractivity contribution in [3.63, 3.8) is 0 Å². The van der Waals surface area contributed by atoms with Gasteiger partial charge in [-0.15, -0.1) is 24.0 Å². The van der Waals surface area contributed by atoms with Crippen LogP contribution in [0, 0.1) is 0 Å². The molecule has 0 fully saturated rings. The lowest BCUT2D eigenvalue weighted by Gasteiger charge is -2.15. The smallest absolute Gasteiger partial charge is 0.193 e. The summed E-state index contributed by atoms with van der Waals surface area (Å²) in [6, 6.07) is 11.9. The van der Waals surface area contributed by atoms with Gasteiger partial charge in [0.1, 0.15) is 6.61 Å². The van der Waals surface area contributed by atoms with Crippen LogP contribution in [0.1, 0.15) is 30.5 Å². The van der Waals surface area contributed by atoms with E-state index < -0.39 is 0 Å². The van der Waals surface area contributed by atoms with E-state index in [9.17, 15) is 0 Å². The van der Waals surface area contributed by atoms with Crippen LogP contribution in [0.4, 0.5) is 5.69 Å². The molecule has 0 saturated carbocycles. The average Bonchev–Trinajstić information content (AvgIpc) is 2.71. The molecule has 4 N–H and O–H groups in total. The number of nitrogens with two attached hydrogens (primary N) is 1. The Balaban J connectivity index is 0.00000392. The van der Waals surface area contributed by atoms with Crippen LogP contribution in [-0.2, 0) is 19.4 Å². The molecule has 2 aromatic rings.